The summed E-state index contributed by atoms with van der Waals surface area (Å²) in [4.78, 5) is 28.6. The molecule has 0 radical (unpaired) electrons. The molecule has 9 heteroatoms. The third-order valence-corrected chi connectivity index (χ3v) is 8.51. The lowest BCUT2D eigenvalue weighted by atomic mass is 10.1. The van der Waals surface area contributed by atoms with Crippen LogP contribution in [-0.4, -0.2) is 44.3 Å². The minimum atomic E-state index is -4.15. The largest absolute Gasteiger partial charge is 0.355 e. The maximum Gasteiger partial charge on any atom is 0.264 e. The first-order chi connectivity index (χ1) is 18.5. The molecule has 0 saturated heterocycles. The van der Waals surface area contributed by atoms with Gasteiger partial charge in [0.1, 0.15) is 12.6 Å². The van der Waals surface area contributed by atoms with Crippen molar-refractivity contribution in [2.24, 2.45) is 0 Å². The molecule has 3 aromatic carbocycles. The summed E-state index contributed by atoms with van der Waals surface area (Å²) in [5, 5.41) is 3.15. The number of aryl methyl sites for hydroxylation is 3. The minimum Gasteiger partial charge on any atom is -0.355 e. The number of carbonyl (C=O) groups excluding carboxylic acids is 2. The molecule has 0 spiro atoms. The van der Waals surface area contributed by atoms with Crippen LogP contribution in [0.15, 0.2) is 71.6 Å². The highest BCUT2D eigenvalue weighted by Gasteiger charge is 2.34. The number of nitrogens with one attached hydrogen (secondary N) is 1. The Morgan fingerprint density at radius 1 is 0.923 bits per heavy atom. The van der Waals surface area contributed by atoms with Crippen molar-refractivity contribution in [3.63, 3.8) is 0 Å². The third kappa shape index (κ3) is 7.40. The molecule has 0 bridgehead atoms. The topological polar surface area (TPSA) is 86.8 Å². The summed E-state index contributed by atoms with van der Waals surface area (Å²) in [6.07, 6.45) is 0.365. The van der Waals surface area contributed by atoms with Crippen LogP contribution < -0.4 is 9.62 Å². The molecule has 39 heavy (non-hydrogen) atoms. The highest BCUT2D eigenvalue weighted by atomic mass is 35.5. The Morgan fingerprint density at radius 3 is 2.23 bits per heavy atom. The fourth-order valence-electron chi connectivity index (χ4n) is 4.42. The number of amides is 2. The highest BCUT2D eigenvalue weighted by molar-refractivity contribution is 7.92. The summed E-state index contributed by atoms with van der Waals surface area (Å²) in [6, 6.07) is 18.3. The van der Waals surface area contributed by atoms with Gasteiger partial charge >= 0.3 is 0 Å². The number of carbonyl (C=O) groups is 2. The lowest BCUT2D eigenvalue weighted by Gasteiger charge is -2.33. The van der Waals surface area contributed by atoms with Gasteiger partial charge in [-0.1, -0.05) is 72.1 Å². The van der Waals surface area contributed by atoms with Gasteiger partial charge in [-0.3, -0.25) is 13.9 Å². The van der Waals surface area contributed by atoms with Gasteiger partial charge in [0.15, 0.2) is 0 Å². The predicted octanol–water partition coefficient (Wildman–Crippen LogP) is 5.40. The van der Waals surface area contributed by atoms with E-state index < -0.39 is 28.5 Å². The van der Waals surface area contributed by atoms with E-state index in [1.54, 1.807) is 37.3 Å². The molecule has 208 valence electrons. The van der Waals surface area contributed by atoms with Crippen molar-refractivity contribution in [3.8, 4) is 0 Å². The molecule has 1 atom stereocenters. The molecule has 3 aromatic rings. The van der Waals surface area contributed by atoms with Gasteiger partial charge in [0.05, 0.1) is 10.6 Å². The molecule has 3 rings (SSSR count). The molecule has 0 aromatic heterocycles. The van der Waals surface area contributed by atoms with Crippen molar-refractivity contribution in [1.82, 2.24) is 10.2 Å². The van der Waals surface area contributed by atoms with E-state index in [0.29, 0.717) is 29.2 Å². The third-order valence-electron chi connectivity index (χ3n) is 6.50. The fourth-order valence-corrected chi connectivity index (χ4v) is 6.06. The monoisotopic (exact) mass is 569 g/mol. The Balaban J connectivity index is 2.11. The van der Waals surface area contributed by atoms with Gasteiger partial charge in [-0.2, -0.15) is 0 Å². The molecule has 1 unspecified atom stereocenters. The van der Waals surface area contributed by atoms with Crippen LogP contribution in [0.3, 0.4) is 0 Å². The predicted molar refractivity (Wildman–Crippen MR) is 156 cm³/mol. The van der Waals surface area contributed by atoms with Gasteiger partial charge in [0, 0.05) is 18.1 Å². The lowest BCUT2D eigenvalue weighted by Crippen LogP contribution is -2.52. The first kappa shape index (κ1) is 30.2. The van der Waals surface area contributed by atoms with Gasteiger partial charge in [0.2, 0.25) is 11.8 Å². The summed E-state index contributed by atoms with van der Waals surface area (Å²) in [5.74, 6) is -0.780. The van der Waals surface area contributed by atoms with Crippen molar-refractivity contribution >= 4 is 39.1 Å². The van der Waals surface area contributed by atoms with E-state index >= 15 is 0 Å². The van der Waals surface area contributed by atoms with Crippen molar-refractivity contribution in [2.45, 2.75) is 58.5 Å². The number of benzene rings is 3. The Morgan fingerprint density at radius 2 is 1.62 bits per heavy atom. The van der Waals surface area contributed by atoms with Crippen LogP contribution in [0.5, 0.6) is 0 Å². The number of rotatable bonds is 11. The van der Waals surface area contributed by atoms with Crippen molar-refractivity contribution in [1.29, 1.82) is 0 Å². The smallest absolute Gasteiger partial charge is 0.264 e. The normalized spacial score (nSPS) is 12.1. The van der Waals surface area contributed by atoms with Crippen molar-refractivity contribution in [3.05, 3.63) is 94.0 Å². The van der Waals surface area contributed by atoms with Crippen LogP contribution >= 0.6 is 11.6 Å². The molecule has 0 aliphatic carbocycles. The maximum absolute atomic E-state index is 14.1. The fraction of sp³-hybridized carbons (Fsp3) is 0.333. The lowest BCUT2D eigenvalue weighted by molar-refractivity contribution is -0.140. The Labute approximate surface area is 236 Å². The van der Waals surface area contributed by atoms with Crippen LogP contribution in [-0.2, 0) is 26.2 Å². The van der Waals surface area contributed by atoms with E-state index in [2.05, 4.69) is 5.32 Å². The first-order valence-electron chi connectivity index (χ1n) is 13.0. The van der Waals surface area contributed by atoms with E-state index in [0.717, 1.165) is 21.0 Å². The summed E-state index contributed by atoms with van der Waals surface area (Å²) >= 11 is 6.28. The Bertz CT molecular complexity index is 1420. The Kier molecular flexibility index (Phi) is 10.2. The number of hydrogen-bond acceptors (Lipinski definition) is 4. The molecule has 0 heterocycles. The van der Waals surface area contributed by atoms with Gasteiger partial charge in [-0.05, 0) is 69.5 Å². The number of hydrogen-bond donors (Lipinski definition) is 1. The molecule has 0 aliphatic heterocycles. The second-order valence-corrected chi connectivity index (χ2v) is 11.9. The average molecular weight is 570 g/mol. The quantitative estimate of drug-likeness (QED) is 0.335. The molecule has 2 amide bonds. The first-order valence-corrected chi connectivity index (χ1v) is 14.8. The van der Waals surface area contributed by atoms with Crippen LogP contribution in [0.25, 0.3) is 0 Å². The van der Waals surface area contributed by atoms with Crippen molar-refractivity contribution in [2.75, 3.05) is 17.4 Å². The van der Waals surface area contributed by atoms with Gasteiger partial charge in [0.25, 0.3) is 10.0 Å². The summed E-state index contributed by atoms with van der Waals surface area (Å²) < 4.78 is 29.0. The van der Waals surface area contributed by atoms with Crippen LogP contribution in [0.1, 0.15) is 42.5 Å². The zero-order chi connectivity index (χ0) is 28.7. The van der Waals surface area contributed by atoms with E-state index in [1.165, 1.54) is 17.0 Å². The zero-order valence-corrected chi connectivity index (χ0v) is 24.6. The molecule has 0 aliphatic rings. The van der Waals surface area contributed by atoms with E-state index in [-0.39, 0.29) is 17.3 Å². The standard InChI is InChI=1S/C30H36ClN3O4S/c1-6-27(30(36)32-7-2)33(19-24-10-8-9-22(4)17-24)29(35)20-34(28-18-25(31)14-13-23(28)5)39(37,38)26-15-11-21(3)12-16-26/h8-18,27H,6-7,19-20H2,1-5H3,(H,32,36). The average Bonchev–Trinajstić information content (AvgIpc) is 2.89. The number of nitrogens with zero attached hydrogens (tertiary/aromatic N) is 2. The second-order valence-electron chi connectivity index (χ2n) is 9.58. The van der Waals surface area contributed by atoms with Crippen molar-refractivity contribution < 1.29 is 18.0 Å². The number of anilines is 1. The van der Waals surface area contributed by atoms with Crippen LogP contribution in [0.4, 0.5) is 5.69 Å². The van der Waals surface area contributed by atoms with Crippen LogP contribution in [0, 0.1) is 20.8 Å². The van der Waals surface area contributed by atoms with E-state index in [9.17, 15) is 18.0 Å². The maximum atomic E-state index is 14.1. The molecular formula is C30H36ClN3O4S. The summed E-state index contributed by atoms with van der Waals surface area (Å²) in [7, 11) is -4.15. The SMILES string of the molecule is CCNC(=O)C(CC)N(Cc1cccc(C)c1)C(=O)CN(c1cc(Cl)ccc1C)S(=O)(=O)c1ccc(C)cc1. The number of likely N-dealkylation sites (N-methyl/N-ethyl adjacent to an activating group) is 1. The Hall–Kier alpha value is -3.36. The molecular weight excluding hydrogens is 534 g/mol. The van der Waals surface area contributed by atoms with E-state index in [1.807, 2.05) is 52.0 Å². The zero-order valence-electron chi connectivity index (χ0n) is 23.1. The molecule has 0 saturated carbocycles. The summed E-state index contributed by atoms with van der Waals surface area (Å²) in [6.45, 7) is 9.30. The van der Waals surface area contributed by atoms with Gasteiger partial charge < -0.3 is 10.2 Å². The molecule has 1 N–H and O–H groups in total. The van der Waals surface area contributed by atoms with Gasteiger partial charge in [-0.25, -0.2) is 8.42 Å². The number of halogens is 1. The highest BCUT2D eigenvalue weighted by Crippen LogP contribution is 2.30. The van der Waals surface area contributed by atoms with Gasteiger partial charge in [-0.15, -0.1) is 0 Å². The summed E-state index contributed by atoms with van der Waals surface area (Å²) in [5.41, 5.74) is 3.72. The number of sulfonamides is 1. The second kappa shape index (κ2) is 13.1. The molecule has 7 nitrogen and oxygen atoms in total. The molecule has 0 fully saturated rings. The van der Waals surface area contributed by atoms with E-state index in [4.69, 9.17) is 11.6 Å². The minimum absolute atomic E-state index is 0.0567. The van der Waals surface area contributed by atoms with Crippen LogP contribution in [0.2, 0.25) is 5.02 Å².